The molecule has 0 aliphatic heterocycles. The molecule has 0 aromatic heterocycles. The highest BCUT2D eigenvalue weighted by Crippen LogP contribution is 2.09. The van der Waals surface area contributed by atoms with E-state index in [2.05, 4.69) is 19.2 Å². The zero-order chi connectivity index (χ0) is 12.0. The number of carbonyl (C=O) groups is 1. The summed E-state index contributed by atoms with van der Waals surface area (Å²) in [5.74, 6) is 0.461. The van der Waals surface area contributed by atoms with E-state index in [1.54, 1.807) is 0 Å². The second kappa shape index (κ2) is 6.28. The summed E-state index contributed by atoms with van der Waals surface area (Å²) in [5, 5.41) is 2.92. The maximum absolute atomic E-state index is 11.9. The first-order valence-corrected chi connectivity index (χ1v) is 5.71. The summed E-state index contributed by atoms with van der Waals surface area (Å²) < 4.78 is 0. The average Bonchev–Trinajstić information content (AvgIpc) is 2.27. The van der Waals surface area contributed by atoms with E-state index in [0.717, 1.165) is 17.5 Å². The molecule has 0 saturated heterocycles. The third-order valence-corrected chi connectivity index (χ3v) is 2.35. The summed E-state index contributed by atoms with van der Waals surface area (Å²) in [5.41, 5.74) is 7.28. The lowest BCUT2D eigenvalue weighted by Gasteiger charge is -2.10. The molecule has 0 bridgehead atoms. The van der Waals surface area contributed by atoms with Gasteiger partial charge in [0.2, 0.25) is 0 Å². The van der Waals surface area contributed by atoms with Crippen LogP contribution >= 0.6 is 0 Å². The van der Waals surface area contributed by atoms with Gasteiger partial charge in [0.15, 0.2) is 0 Å². The van der Waals surface area contributed by atoms with Crippen LogP contribution in [0.25, 0.3) is 0 Å². The van der Waals surface area contributed by atoms with Gasteiger partial charge in [-0.1, -0.05) is 32.0 Å². The summed E-state index contributed by atoms with van der Waals surface area (Å²) in [4.78, 5) is 11.9. The zero-order valence-electron chi connectivity index (χ0n) is 9.99. The van der Waals surface area contributed by atoms with Crippen molar-refractivity contribution in [2.45, 2.75) is 20.3 Å². The van der Waals surface area contributed by atoms with Crippen molar-refractivity contribution >= 4 is 5.91 Å². The molecule has 0 spiro atoms. The Bertz CT molecular complexity index is 348. The molecule has 0 unspecified atom stereocenters. The Labute approximate surface area is 97.0 Å². The summed E-state index contributed by atoms with van der Waals surface area (Å²) in [7, 11) is 0. The monoisotopic (exact) mass is 220 g/mol. The van der Waals surface area contributed by atoms with Gasteiger partial charge in [0.05, 0.1) is 0 Å². The zero-order valence-corrected chi connectivity index (χ0v) is 9.99. The van der Waals surface area contributed by atoms with E-state index in [9.17, 15) is 4.79 Å². The number of nitrogens with two attached hydrogens (primary N) is 1. The second-order valence-corrected chi connectivity index (χ2v) is 4.30. The molecule has 1 rings (SSSR count). The third-order valence-electron chi connectivity index (χ3n) is 2.35. The van der Waals surface area contributed by atoms with E-state index in [0.29, 0.717) is 19.0 Å². The molecule has 0 aliphatic rings. The Morgan fingerprint density at radius 2 is 2.06 bits per heavy atom. The first kappa shape index (κ1) is 12.7. The van der Waals surface area contributed by atoms with Crippen LogP contribution in [0.15, 0.2) is 24.3 Å². The summed E-state index contributed by atoms with van der Waals surface area (Å²) in [6.07, 6.45) is 0.741. The average molecular weight is 220 g/mol. The minimum atomic E-state index is -0.00208. The number of hydrogen-bond acceptors (Lipinski definition) is 2. The van der Waals surface area contributed by atoms with Crippen molar-refractivity contribution in [3.8, 4) is 0 Å². The molecular weight excluding hydrogens is 200 g/mol. The molecule has 3 heteroatoms. The van der Waals surface area contributed by atoms with Gasteiger partial charge in [-0.2, -0.15) is 0 Å². The van der Waals surface area contributed by atoms with Crippen LogP contribution < -0.4 is 11.1 Å². The fourth-order valence-corrected chi connectivity index (χ4v) is 1.51. The molecule has 0 saturated carbocycles. The second-order valence-electron chi connectivity index (χ2n) is 4.30. The van der Waals surface area contributed by atoms with Gasteiger partial charge in [0, 0.05) is 12.1 Å². The molecular formula is C13H20N2O. The third kappa shape index (κ3) is 3.66. The quantitative estimate of drug-likeness (QED) is 0.791. The predicted molar refractivity (Wildman–Crippen MR) is 66.4 cm³/mol. The Hall–Kier alpha value is -1.35. The Morgan fingerprint density at radius 1 is 1.38 bits per heavy atom. The van der Waals surface area contributed by atoms with Gasteiger partial charge in [-0.3, -0.25) is 4.79 Å². The first-order valence-electron chi connectivity index (χ1n) is 5.71. The normalized spacial score (nSPS) is 10.5. The number of carbonyl (C=O) groups excluding carboxylic acids is 1. The van der Waals surface area contributed by atoms with E-state index in [1.165, 1.54) is 0 Å². The highest BCUT2D eigenvalue weighted by molar-refractivity contribution is 5.95. The molecule has 3 nitrogen and oxygen atoms in total. The molecule has 0 radical (unpaired) electrons. The minimum absolute atomic E-state index is 0.00208. The fourth-order valence-electron chi connectivity index (χ4n) is 1.51. The molecule has 0 heterocycles. The van der Waals surface area contributed by atoms with Crippen LogP contribution in [0.4, 0.5) is 0 Å². The smallest absolute Gasteiger partial charge is 0.251 e. The number of amides is 1. The van der Waals surface area contributed by atoms with E-state index in [4.69, 9.17) is 5.73 Å². The Morgan fingerprint density at radius 3 is 2.69 bits per heavy atom. The van der Waals surface area contributed by atoms with E-state index in [1.807, 2.05) is 24.3 Å². The molecule has 1 amide bonds. The molecule has 88 valence electrons. The molecule has 16 heavy (non-hydrogen) atoms. The molecule has 3 N–H and O–H groups in total. The minimum Gasteiger partial charge on any atom is -0.352 e. The van der Waals surface area contributed by atoms with Crippen molar-refractivity contribution in [2.75, 3.05) is 13.1 Å². The first-order chi connectivity index (χ1) is 7.65. The SMILES string of the molecule is CC(C)CNC(=O)c1ccccc1CCN. The lowest BCUT2D eigenvalue weighted by molar-refractivity contribution is 0.0948. The van der Waals surface area contributed by atoms with Crippen molar-refractivity contribution in [2.24, 2.45) is 11.7 Å². The number of hydrogen-bond donors (Lipinski definition) is 2. The number of rotatable bonds is 5. The summed E-state index contributed by atoms with van der Waals surface area (Å²) in [6, 6.07) is 7.62. The maximum Gasteiger partial charge on any atom is 0.251 e. The van der Waals surface area contributed by atoms with Gasteiger partial charge in [-0.25, -0.2) is 0 Å². The molecule has 1 aromatic rings. The largest absolute Gasteiger partial charge is 0.352 e. The van der Waals surface area contributed by atoms with Gasteiger partial charge in [0.25, 0.3) is 5.91 Å². The Kier molecular flexibility index (Phi) is 4.99. The van der Waals surface area contributed by atoms with Gasteiger partial charge >= 0.3 is 0 Å². The van der Waals surface area contributed by atoms with Crippen molar-refractivity contribution < 1.29 is 4.79 Å². The van der Waals surface area contributed by atoms with Gasteiger partial charge < -0.3 is 11.1 Å². The van der Waals surface area contributed by atoms with Gasteiger partial charge in [0.1, 0.15) is 0 Å². The number of benzene rings is 1. The van der Waals surface area contributed by atoms with Crippen LogP contribution in [0.2, 0.25) is 0 Å². The molecule has 1 aromatic carbocycles. The van der Waals surface area contributed by atoms with Crippen LogP contribution in [0, 0.1) is 5.92 Å². The van der Waals surface area contributed by atoms with Gasteiger partial charge in [-0.05, 0) is 30.5 Å². The Balaban J connectivity index is 2.73. The van der Waals surface area contributed by atoms with E-state index in [-0.39, 0.29) is 5.91 Å². The van der Waals surface area contributed by atoms with Crippen molar-refractivity contribution in [1.29, 1.82) is 0 Å². The highest BCUT2D eigenvalue weighted by Gasteiger charge is 2.09. The van der Waals surface area contributed by atoms with Crippen LogP contribution in [0.5, 0.6) is 0 Å². The van der Waals surface area contributed by atoms with Crippen LogP contribution in [-0.4, -0.2) is 19.0 Å². The van der Waals surface area contributed by atoms with E-state index < -0.39 is 0 Å². The molecule has 0 aliphatic carbocycles. The van der Waals surface area contributed by atoms with Gasteiger partial charge in [-0.15, -0.1) is 0 Å². The van der Waals surface area contributed by atoms with E-state index >= 15 is 0 Å². The lowest BCUT2D eigenvalue weighted by atomic mass is 10.0. The van der Waals surface area contributed by atoms with Crippen molar-refractivity contribution in [1.82, 2.24) is 5.32 Å². The van der Waals surface area contributed by atoms with Crippen LogP contribution in [0.1, 0.15) is 29.8 Å². The predicted octanol–water partition coefficient (Wildman–Crippen LogP) is 1.57. The van der Waals surface area contributed by atoms with Crippen LogP contribution in [-0.2, 0) is 6.42 Å². The lowest BCUT2D eigenvalue weighted by Crippen LogP contribution is -2.28. The highest BCUT2D eigenvalue weighted by atomic mass is 16.1. The van der Waals surface area contributed by atoms with Crippen molar-refractivity contribution in [3.63, 3.8) is 0 Å². The topological polar surface area (TPSA) is 55.1 Å². The maximum atomic E-state index is 11.9. The summed E-state index contributed by atoms with van der Waals surface area (Å²) in [6.45, 7) is 5.42. The molecule has 0 fully saturated rings. The fraction of sp³-hybridized carbons (Fsp3) is 0.462. The number of nitrogens with one attached hydrogen (secondary N) is 1. The van der Waals surface area contributed by atoms with Crippen LogP contribution in [0.3, 0.4) is 0 Å². The molecule has 0 atom stereocenters. The summed E-state index contributed by atoms with van der Waals surface area (Å²) >= 11 is 0. The van der Waals surface area contributed by atoms with Crippen molar-refractivity contribution in [3.05, 3.63) is 35.4 Å². The standard InChI is InChI=1S/C13H20N2O/c1-10(2)9-15-13(16)12-6-4-3-5-11(12)7-8-14/h3-6,10H,7-9,14H2,1-2H3,(H,15,16).